The fourth-order valence-electron chi connectivity index (χ4n) is 2.81. The number of esters is 1. The Labute approximate surface area is 148 Å². The monoisotopic (exact) mass is 342 g/mol. The van der Waals surface area contributed by atoms with E-state index in [1.807, 2.05) is 0 Å². The van der Waals surface area contributed by atoms with E-state index in [0.29, 0.717) is 13.0 Å². The third-order valence-electron chi connectivity index (χ3n) is 4.43. The molecule has 4 heteroatoms. The van der Waals surface area contributed by atoms with E-state index in [1.54, 1.807) is 0 Å². The van der Waals surface area contributed by atoms with Crippen LogP contribution in [0.5, 0.6) is 0 Å². The fourth-order valence-corrected chi connectivity index (χ4v) is 2.81. The van der Waals surface area contributed by atoms with Crippen molar-refractivity contribution in [1.29, 1.82) is 0 Å². The van der Waals surface area contributed by atoms with Crippen LogP contribution >= 0.6 is 0 Å². The second-order valence-corrected chi connectivity index (χ2v) is 6.78. The molecule has 0 saturated carbocycles. The van der Waals surface area contributed by atoms with Gasteiger partial charge in [0, 0.05) is 0 Å². The SMILES string of the molecule is CCCCCCCCCCOC(=O)CC(CCCCCC)C(=O)O. The summed E-state index contributed by atoms with van der Waals surface area (Å²) in [6.45, 7) is 4.77. The zero-order chi connectivity index (χ0) is 18.0. The van der Waals surface area contributed by atoms with Crippen molar-refractivity contribution in [2.45, 2.75) is 104 Å². The van der Waals surface area contributed by atoms with E-state index in [1.165, 1.54) is 38.5 Å². The molecule has 0 heterocycles. The van der Waals surface area contributed by atoms with E-state index < -0.39 is 11.9 Å². The molecule has 0 aliphatic heterocycles. The van der Waals surface area contributed by atoms with Crippen molar-refractivity contribution in [3.8, 4) is 0 Å². The van der Waals surface area contributed by atoms with Crippen molar-refractivity contribution in [3.05, 3.63) is 0 Å². The van der Waals surface area contributed by atoms with Gasteiger partial charge < -0.3 is 9.84 Å². The minimum Gasteiger partial charge on any atom is -0.481 e. The van der Waals surface area contributed by atoms with Gasteiger partial charge in [-0.1, -0.05) is 84.5 Å². The van der Waals surface area contributed by atoms with Crippen LogP contribution in [0.15, 0.2) is 0 Å². The third-order valence-corrected chi connectivity index (χ3v) is 4.43. The molecule has 0 radical (unpaired) electrons. The third kappa shape index (κ3) is 14.5. The van der Waals surface area contributed by atoms with Gasteiger partial charge in [-0.25, -0.2) is 0 Å². The molecule has 0 fully saturated rings. The minimum atomic E-state index is -0.879. The van der Waals surface area contributed by atoms with E-state index in [9.17, 15) is 14.7 Å². The summed E-state index contributed by atoms with van der Waals surface area (Å²) in [5, 5.41) is 9.20. The van der Waals surface area contributed by atoms with Crippen molar-refractivity contribution in [3.63, 3.8) is 0 Å². The van der Waals surface area contributed by atoms with Crippen molar-refractivity contribution >= 4 is 11.9 Å². The highest BCUT2D eigenvalue weighted by Crippen LogP contribution is 2.16. The summed E-state index contributed by atoms with van der Waals surface area (Å²) in [6, 6.07) is 0. The van der Waals surface area contributed by atoms with Crippen LogP contribution in [-0.2, 0) is 14.3 Å². The lowest BCUT2D eigenvalue weighted by Crippen LogP contribution is -2.19. The number of hydrogen-bond acceptors (Lipinski definition) is 3. The smallest absolute Gasteiger partial charge is 0.307 e. The Morgan fingerprint density at radius 3 is 1.83 bits per heavy atom. The molecule has 0 spiro atoms. The highest BCUT2D eigenvalue weighted by Gasteiger charge is 2.21. The Balaban J connectivity index is 3.64. The van der Waals surface area contributed by atoms with Gasteiger partial charge >= 0.3 is 11.9 Å². The number of rotatable bonds is 17. The van der Waals surface area contributed by atoms with E-state index in [-0.39, 0.29) is 12.4 Å². The second kappa shape index (κ2) is 16.8. The normalized spacial score (nSPS) is 12.1. The van der Waals surface area contributed by atoms with Crippen LogP contribution < -0.4 is 0 Å². The number of carboxylic acid groups (broad SMARTS) is 1. The first-order chi connectivity index (χ1) is 11.6. The van der Waals surface area contributed by atoms with Crippen LogP contribution in [0, 0.1) is 5.92 Å². The number of ether oxygens (including phenoxy) is 1. The van der Waals surface area contributed by atoms with Crippen LogP contribution in [0.25, 0.3) is 0 Å². The van der Waals surface area contributed by atoms with Crippen LogP contribution in [0.4, 0.5) is 0 Å². The summed E-state index contributed by atoms with van der Waals surface area (Å²) >= 11 is 0. The van der Waals surface area contributed by atoms with Gasteiger partial charge in [0.05, 0.1) is 18.9 Å². The lowest BCUT2D eigenvalue weighted by Gasteiger charge is -2.12. The molecule has 1 unspecified atom stereocenters. The zero-order valence-corrected chi connectivity index (χ0v) is 15.9. The number of carboxylic acids is 1. The molecule has 0 aliphatic rings. The van der Waals surface area contributed by atoms with Gasteiger partial charge in [-0.05, 0) is 12.8 Å². The topological polar surface area (TPSA) is 63.6 Å². The van der Waals surface area contributed by atoms with Crippen LogP contribution in [-0.4, -0.2) is 23.7 Å². The molecule has 0 aromatic carbocycles. The average molecular weight is 343 g/mol. The fraction of sp³-hybridized carbons (Fsp3) is 0.900. The molecule has 0 bridgehead atoms. The van der Waals surface area contributed by atoms with Gasteiger partial charge in [0.25, 0.3) is 0 Å². The molecule has 1 N–H and O–H groups in total. The first-order valence-corrected chi connectivity index (χ1v) is 10.00. The molecule has 4 nitrogen and oxygen atoms in total. The molecule has 0 amide bonds. The van der Waals surface area contributed by atoms with E-state index in [4.69, 9.17) is 4.74 Å². The molecule has 0 saturated heterocycles. The number of hydrogen-bond donors (Lipinski definition) is 1. The maximum absolute atomic E-state index is 11.8. The Hall–Kier alpha value is -1.06. The zero-order valence-electron chi connectivity index (χ0n) is 15.9. The summed E-state index contributed by atoms with van der Waals surface area (Å²) in [5.74, 6) is -1.83. The predicted octanol–water partition coefficient (Wildman–Crippen LogP) is 5.73. The van der Waals surface area contributed by atoms with Gasteiger partial charge in [0.1, 0.15) is 0 Å². The molecule has 0 aliphatic carbocycles. The molecule has 0 rings (SSSR count). The van der Waals surface area contributed by atoms with Gasteiger partial charge in [-0.2, -0.15) is 0 Å². The van der Waals surface area contributed by atoms with Gasteiger partial charge in [-0.15, -0.1) is 0 Å². The summed E-state index contributed by atoms with van der Waals surface area (Å²) < 4.78 is 5.19. The first-order valence-electron chi connectivity index (χ1n) is 10.00. The van der Waals surface area contributed by atoms with Gasteiger partial charge in [-0.3, -0.25) is 9.59 Å². The number of carbonyl (C=O) groups is 2. The van der Waals surface area contributed by atoms with E-state index >= 15 is 0 Å². The Bertz CT molecular complexity index is 315. The highest BCUT2D eigenvalue weighted by atomic mass is 16.5. The van der Waals surface area contributed by atoms with Gasteiger partial charge in [0.15, 0.2) is 0 Å². The number of aliphatic carboxylic acids is 1. The molecular formula is C20H38O4. The Kier molecular flexibility index (Phi) is 16.0. The molecule has 0 aromatic heterocycles. The van der Waals surface area contributed by atoms with E-state index in [2.05, 4.69) is 13.8 Å². The van der Waals surface area contributed by atoms with Crippen LogP contribution in [0.2, 0.25) is 0 Å². The Morgan fingerprint density at radius 1 is 0.792 bits per heavy atom. The van der Waals surface area contributed by atoms with Crippen LogP contribution in [0.3, 0.4) is 0 Å². The largest absolute Gasteiger partial charge is 0.481 e. The summed E-state index contributed by atoms with van der Waals surface area (Å²) in [4.78, 5) is 23.0. The van der Waals surface area contributed by atoms with Crippen molar-refractivity contribution in [2.24, 2.45) is 5.92 Å². The average Bonchev–Trinajstić information content (AvgIpc) is 2.56. The van der Waals surface area contributed by atoms with Crippen LogP contribution in [0.1, 0.15) is 104 Å². The van der Waals surface area contributed by atoms with E-state index in [0.717, 1.165) is 38.5 Å². The lowest BCUT2D eigenvalue weighted by molar-refractivity contribution is -0.151. The molecule has 0 aromatic rings. The molecular weight excluding hydrogens is 304 g/mol. The first kappa shape index (κ1) is 22.9. The quantitative estimate of drug-likeness (QED) is 0.271. The standard InChI is InChI=1S/C20H38O4/c1-3-5-7-9-10-11-12-14-16-24-19(21)17-18(20(22)23)15-13-8-6-4-2/h18H,3-17H2,1-2H3,(H,22,23). The number of unbranched alkanes of at least 4 members (excludes halogenated alkanes) is 10. The molecule has 142 valence electrons. The maximum Gasteiger partial charge on any atom is 0.307 e. The Morgan fingerprint density at radius 2 is 1.29 bits per heavy atom. The summed E-state index contributed by atoms with van der Waals surface area (Å²) in [6.07, 6.45) is 14.4. The molecule has 24 heavy (non-hydrogen) atoms. The molecule has 1 atom stereocenters. The summed E-state index contributed by atoms with van der Waals surface area (Å²) in [7, 11) is 0. The predicted molar refractivity (Wildman–Crippen MR) is 98.1 cm³/mol. The maximum atomic E-state index is 11.8. The second-order valence-electron chi connectivity index (χ2n) is 6.78. The lowest BCUT2D eigenvalue weighted by atomic mass is 9.98. The van der Waals surface area contributed by atoms with Crippen molar-refractivity contribution in [1.82, 2.24) is 0 Å². The number of carbonyl (C=O) groups excluding carboxylic acids is 1. The summed E-state index contributed by atoms with van der Waals surface area (Å²) in [5.41, 5.74) is 0. The van der Waals surface area contributed by atoms with Gasteiger partial charge in [0.2, 0.25) is 0 Å². The highest BCUT2D eigenvalue weighted by molar-refractivity contribution is 5.78. The van der Waals surface area contributed by atoms with Crippen molar-refractivity contribution < 1.29 is 19.4 Å². The minimum absolute atomic E-state index is 0.0124. The van der Waals surface area contributed by atoms with Crippen molar-refractivity contribution in [2.75, 3.05) is 6.61 Å².